The van der Waals surface area contributed by atoms with Crippen molar-refractivity contribution >= 4 is 41.1 Å². The molecule has 2 aromatic rings. The predicted octanol–water partition coefficient (Wildman–Crippen LogP) is 2.76. The van der Waals surface area contributed by atoms with Gasteiger partial charge in [0, 0.05) is 12.6 Å². The third-order valence-corrected chi connectivity index (χ3v) is 6.37. The molecule has 1 aromatic heterocycles. The molecular formula is C21H28IN4O9P. The van der Waals surface area contributed by atoms with Gasteiger partial charge in [0.25, 0.3) is 34.1 Å². The van der Waals surface area contributed by atoms with Crippen molar-refractivity contribution in [2.75, 3.05) is 13.2 Å². The molecule has 0 bridgehead atoms. The fraction of sp³-hybridized carbons (Fsp3) is 0.381. The molecule has 15 heteroatoms. The lowest BCUT2D eigenvalue weighted by Gasteiger charge is -2.22. The lowest BCUT2D eigenvalue weighted by molar-refractivity contribution is -0.725. The minimum atomic E-state index is -4.08. The molecule has 1 aromatic carbocycles. The van der Waals surface area contributed by atoms with Gasteiger partial charge in [0.1, 0.15) is 17.4 Å². The van der Waals surface area contributed by atoms with Crippen LogP contribution < -0.4 is 19.5 Å². The zero-order chi connectivity index (χ0) is 26.6. The van der Waals surface area contributed by atoms with E-state index in [1.807, 2.05) is 0 Å². The van der Waals surface area contributed by atoms with Crippen LogP contribution >= 0.6 is 29.2 Å². The summed E-state index contributed by atoms with van der Waals surface area (Å²) in [4.78, 5) is 29.2. The standard InChI is InChI=1S/C21H28IN4O9P/c1-16(2)34-21(28)17(3)24-36(31,35-19-9-5-4-6-10-19)33-15-25-12-7-8-18(14-25)20(27)23-11-13-32-26(30)22-29/h4-10,12,14,16-17H,11,13,15H2,1-3H3,(H,23,27)(H,24,31)/t17-,36?/m0/s1. The second-order valence-electron chi connectivity index (χ2n) is 7.47. The number of para-hydroxylation sites is 1. The van der Waals surface area contributed by atoms with Crippen LogP contribution in [0.1, 0.15) is 31.1 Å². The summed E-state index contributed by atoms with van der Waals surface area (Å²) in [5, 5.41) is 16.0. The number of nitrogens with zero attached hydrogens (tertiary/aromatic N) is 2. The van der Waals surface area contributed by atoms with Crippen molar-refractivity contribution in [1.29, 1.82) is 0 Å². The van der Waals surface area contributed by atoms with Crippen molar-refractivity contribution < 1.29 is 40.4 Å². The first kappa shape index (κ1) is 29.9. The number of pyridine rings is 1. The molecule has 2 atom stereocenters. The molecule has 0 aliphatic carbocycles. The second kappa shape index (κ2) is 15.0. The Kier molecular flexibility index (Phi) is 12.5. The lowest BCUT2D eigenvalue weighted by Crippen LogP contribution is -2.40. The van der Waals surface area contributed by atoms with E-state index in [9.17, 15) is 22.4 Å². The molecule has 0 saturated carbocycles. The highest BCUT2D eigenvalue weighted by atomic mass is 127. The molecule has 0 spiro atoms. The number of aromatic nitrogens is 1. The van der Waals surface area contributed by atoms with Gasteiger partial charge in [0.15, 0.2) is 12.4 Å². The van der Waals surface area contributed by atoms with E-state index < -0.39 is 47.1 Å². The van der Waals surface area contributed by atoms with Crippen molar-refractivity contribution in [3.05, 3.63) is 65.6 Å². The molecule has 1 heterocycles. The van der Waals surface area contributed by atoms with Gasteiger partial charge in [-0.2, -0.15) is 13.1 Å². The largest absolute Gasteiger partial charge is 0.751 e. The summed E-state index contributed by atoms with van der Waals surface area (Å²) < 4.78 is 41.7. The summed E-state index contributed by atoms with van der Waals surface area (Å²) in [5.74, 6) is -0.832. The zero-order valence-corrected chi connectivity index (χ0v) is 22.9. The van der Waals surface area contributed by atoms with Crippen molar-refractivity contribution in [3.63, 3.8) is 0 Å². The van der Waals surface area contributed by atoms with Crippen molar-refractivity contribution in [2.45, 2.75) is 39.6 Å². The van der Waals surface area contributed by atoms with Gasteiger partial charge in [-0.3, -0.25) is 17.5 Å². The van der Waals surface area contributed by atoms with Crippen LogP contribution in [0.25, 0.3) is 0 Å². The van der Waals surface area contributed by atoms with Crippen LogP contribution in [0.4, 0.5) is 0 Å². The Morgan fingerprint density at radius 1 is 1.17 bits per heavy atom. The summed E-state index contributed by atoms with van der Waals surface area (Å²) >= 11 is -1.97. The fourth-order valence-electron chi connectivity index (χ4n) is 2.62. The average molecular weight is 638 g/mol. The number of halogens is 1. The smallest absolute Gasteiger partial charge is 0.464 e. The maximum Gasteiger partial charge on any atom is 0.464 e. The Labute approximate surface area is 219 Å². The van der Waals surface area contributed by atoms with Gasteiger partial charge in [0.05, 0.1) is 12.7 Å². The first-order chi connectivity index (χ1) is 17.1. The Bertz CT molecular complexity index is 1060. The first-order valence-corrected chi connectivity index (χ1v) is 14.1. The Morgan fingerprint density at radius 3 is 2.56 bits per heavy atom. The fourth-order valence-corrected chi connectivity index (χ4v) is 4.37. The Hall–Kier alpha value is -2.33. The Morgan fingerprint density at radius 2 is 1.89 bits per heavy atom. The van der Waals surface area contributed by atoms with Crippen LogP contribution in [0.2, 0.25) is 0 Å². The highest BCUT2D eigenvalue weighted by molar-refractivity contribution is 14.1. The molecule has 0 fully saturated rings. The normalized spacial score (nSPS) is 13.7. The predicted molar refractivity (Wildman–Crippen MR) is 134 cm³/mol. The number of carbonyl (C=O) groups is 2. The van der Waals surface area contributed by atoms with Gasteiger partial charge < -0.3 is 19.8 Å². The van der Waals surface area contributed by atoms with Gasteiger partial charge in [-0.05, 0) is 39.0 Å². The van der Waals surface area contributed by atoms with E-state index in [-0.39, 0.29) is 40.7 Å². The molecule has 1 amide bonds. The van der Waals surface area contributed by atoms with Gasteiger partial charge in [-0.15, -0.1) is 0 Å². The number of carbonyl (C=O) groups excluding carboxylic acids is 2. The highest BCUT2D eigenvalue weighted by Gasteiger charge is 2.34. The lowest BCUT2D eigenvalue weighted by atomic mass is 10.2. The first-order valence-electron chi connectivity index (χ1n) is 10.7. The quantitative estimate of drug-likeness (QED) is 0.0562. The van der Waals surface area contributed by atoms with Crippen LogP contribution in [-0.2, 0) is 33.3 Å². The molecule has 0 saturated heterocycles. The molecule has 2 N–H and O–H groups in total. The molecule has 13 nitrogen and oxygen atoms in total. The van der Waals surface area contributed by atoms with E-state index >= 15 is 0 Å². The molecule has 1 unspecified atom stereocenters. The van der Waals surface area contributed by atoms with E-state index in [1.54, 1.807) is 56.4 Å². The second-order valence-corrected chi connectivity index (χ2v) is 10.3. The summed E-state index contributed by atoms with van der Waals surface area (Å²) in [6.07, 6.45) is 2.67. The summed E-state index contributed by atoms with van der Waals surface area (Å²) in [6, 6.07) is 10.4. The topological polar surface area (TPSA) is 159 Å². The molecule has 198 valence electrons. The number of benzene rings is 1. The van der Waals surface area contributed by atoms with E-state index in [2.05, 4.69) is 15.2 Å². The molecule has 2 rings (SSSR count). The van der Waals surface area contributed by atoms with E-state index in [4.69, 9.17) is 13.8 Å². The summed E-state index contributed by atoms with van der Waals surface area (Å²) in [6.45, 7) is 4.45. The van der Waals surface area contributed by atoms with Gasteiger partial charge in [-0.1, -0.05) is 18.2 Å². The number of hydrogen-bond donors (Lipinski definition) is 2. The van der Waals surface area contributed by atoms with Gasteiger partial charge in [0.2, 0.25) is 0 Å². The minimum Gasteiger partial charge on any atom is -0.751 e. The number of nitrogens with one attached hydrogen (secondary N) is 2. The summed E-state index contributed by atoms with van der Waals surface area (Å²) in [7, 11) is -4.08. The zero-order valence-electron chi connectivity index (χ0n) is 19.9. The van der Waals surface area contributed by atoms with E-state index in [0.717, 1.165) is 0 Å². The summed E-state index contributed by atoms with van der Waals surface area (Å²) in [5.41, 5.74) is 0.247. The third-order valence-electron chi connectivity index (χ3n) is 4.16. The number of rotatable bonds is 15. The molecule has 0 aliphatic heterocycles. The van der Waals surface area contributed by atoms with E-state index in [1.165, 1.54) is 23.8 Å². The molecule has 0 aliphatic rings. The molecule has 0 radical (unpaired) electrons. The van der Waals surface area contributed by atoms with Crippen LogP contribution in [0.5, 0.6) is 5.75 Å². The monoisotopic (exact) mass is 638 g/mol. The number of hydrogen-bond acceptors (Lipinski definition) is 9. The SMILES string of the molecule is CC(C)OC(=O)[C@H](C)NP(=O)(OC[n+]1cccc(C(=O)NCCON([O-])I=O)c1)Oc1ccccc1. The number of esters is 1. The van der Waals surface area contributed by atoms with Gasteiger partial charge >= 0.3 is 13.7 Å². The molecule has 36 heavy (non-hydrogen) atoms. The van der Waals surface area contributed by atoms with Crippen molar-refractivity contribution in [3.8, 4) is 5.75 Å². The average Bonchev–Trinajstić information content (AvgIpc) is 2.85. The van der Waals surface area contributed by atoms with Crippen LogP contribution in [-0.4, -0.2) is 40.6 Å². The highest BCUT2D eigenvalue weighted by Crippen LogP contribution is 2.44. The maximum absolute atomic E-state index is 13.5. The maximum atomic E-state index is 13.5. The van der Waals surface area contributed by atoms with Crippen molar-refractivity contribution in [2.24, 2.45) is 0 Å². The van der Waals surface area contributed by atoms with Crippen LogP contribution in [0, 0.1) is 5.21 Å². The third kappa shape index (κ3) is 10.7. The molecular weight excluding hydrogens is 610 g/mol. The van der Waals surface area contributed by atoms with Crippen LogP contribution in [0.3, 0.4) is 0 Å². The van der Waals surface area contributed by atoms with E-state index in [0.29, 0.717) is 0 Å². The minimum absolute atomic E-state index is 0.0150. The van der Waals surface area contributed by atoms with Crippen LogP contribution in [0.15, 0.2) is 54.9 Å². The van der Waals surface area contributed by atoms with Crippen molar-refractivity contribution in [1.82, 2.24) is 13.8 Å². The number of ether oxygens (including phenoxy) is 1. The Balaban J connectivity index is 2.06. The number of amides is 1. The van der Waals surface area contributed by atoms with Gasteiger partial charge in [-0.25, -0.2) is 9.09 Å².